The molecule has 0 saturated heterocycles. The zero-order valence-electron chi connectivity index (χ0n) is 12.8. The van der Waals surface area contributed by atoms with Gasteiger partial charge in [0, 0.05) is 5.69 Å². The molecule has 1 aliphatic heterocycles. The Kier molecular flexibility index (Phi) is 4.52. The molecule has 0 amide bonds. The molecular weight excluding hydrogens is 280 g/mol. The summed E-state index contributed by atoms with van der Waals surface area (Å²) in [6.07, 6.45) is 0. The second kappa shape index (κ2) is 6.35. The maximum Gasteiger partial charge on any atom is 0.338 e. The lowest BCUT2D eigenvalue weighted by atomic mass is 9.82. The lowest BCUT2D eigenvalue weighted by Crippen LogP contribution is -2.22. The highest BCUT2D eigenvalue weighted by molar-refractivity contribution is 5.92. The number of hydrogen-bond donors (Lipinski definition) is 1. The number of carbonyl (C=O) groups excluding carboxylic acids is 1. The van der Waals surface area contributed by atoms with E-state index >= 15 is 0 Å². The van der Waals surface area contributed by atoms with Gasteiger partial charge in [-0.3, -0.25) is 0 Å². The van der Waals surface area contributed by atoms with Gasteiger partial charge in [0.15, 0.2) is 0 Å². The first-order valence-corrected chi connectivity index (χ1v) is 7.01. The van der Waals surface area contributed by atoms with Crippen molar-refractivity contribution in [1.29, 1.82) is 5.26 Å². The van der Waals surface area contributed by atoms with Crippen LogP contribution in [0, 0.1) is 11.3 Å². The number of carbonyl (C=O) groups is 1. The average molecular weight is 298 g/mol. The van der Waals surface area contributed by atoms with Gasteiger partial charge in [-0.25, -0.2) is 4.79 Å². The van der Waals surface area contributed by atoms with Gasteiger partial charge in [-0.05, 0) is 38.5 Å². The van der Waals surface area contributed by atoms with Crippen LogP contribution in [0.4, 0.5) is 5.69 Å². The van der Waals surface area contributed by atoms with Crippen molar-refractivity contribution < 1.29 is 14.3 Å². The quantitative estimate of drug-likeness (QED) is 0.684. The average Bonchev–Trinajstić information content (AvgIpc) is 2.46. The van der Waals surface area contributed by atoms with Gasteiger partial charge >= 0.3 is 5.97 Å². The second-order valence-corrected chi connectivity index (χ2v) is 4.98. The van der Waals surface area contributed by atoms with Gasteiger partial charge in [0.1, 0.15) is 11.5 Å². The Morgan fingerprint density at radius 1 is 1.41 bits per heavy atom. The van der Waals surface area contributed by atoms with Crippen molar-refractivity contribution in [1.82, 2.24) is 0 Å². The van der Waals surface area contributed by atoms with E-state index in [1.165, 1.54) is 0 Å². The van der Waals surface area contributed by atoms with E-state index < -0.39 is 11.9 Å². The van der Waals surface area contributed by atoms with E-state index in [1.807, 2.05) is 6.07 Å². The largest absolute Gasteiger partial charge is 0.465 e. The summed E-state index contributed by atoms with van der Waals surface area (Å²) in [5.74, 6) is -0.0724. The van der Waals surface area contributed by atoms with Gasteiger partial charge in [-0.1, -0.05) is 12.1 Å². The molecule has 2 N–H and O–H groups in total. The van der Waals surface area contributed by atoms with Crippen molar-refractivity contribution in [3.05, 3.63) is 52.5 Å². The van der Waals surface area contributed by atoms with Gasteiger partial charge < -0.3 is 15.2 Å². The number of nitriles is 1. The van der Waals surface area contributed by atoms with Crippen LogP contribution < -0.4 is 5.73 Å². The number of nitrogen functional groups attached to an aromatic ring is 1. The van der Waals surface area contributed by atoms with Crippen molar-refractivity contribution in [3.8, 4) is 6.07 Å². The Balaban J connectivity index is 2.62. The first-order chi connectivity index (χ1) is 10.5. The Labute approximate surface area is 129 Å². The Hall–Kier alpha value is -2.74. The number of allylic oxidation sites excluding steroid dienone is 3. The monoisotopic (exact) mass is 298 g/mol. The molecule has 1 atom stereocenters. The molecule has 1 aromatic carbocycles. The Morgan fingerprint density at radius 3 is 2.73 bits per heavy atom. The number of nitrogens with two attached hydrogens (primary N) is 1. The summed E-state index contributed by atoms with van der Waals surface area (Å²) in [5, 5.41) is 9.48. The minimum absolute atomic E-state index is 0.254. The number of rotatable bonds is 3. The molecule has 1 aromatic rings. The molecule has 0 radical (unpaired) electrons. The molecule has 1 unspecified atom stereocenters. The molecule has 0 spiro atoms. The minimum Gasteiger partial charge on any atom is -0.465 e. The maximum atomic E-state index is 12.3. The molecule has 5 nitrogen and oxygen atoms in total. The summed E-state index contributed by atoms with van der Waals surface area (Å²) in [5.41, 5.74) is 7.90. The lowest BCUT2D eigenvalue weighted by Gasteiger charge is -2.27. The number of benzene rings is 1. The van der Waals surface area contributed by atoms with Gasteiger partial charge in [0.05, 0.1) is 29.7 Å². The van der Waals surface area contributed by atoms with Gasteiger partial charge in [-0.15, -0.1) is 0 Å². The minimum atomic E-state index is -0.527. The summed E-state index contributed by atoms with van der Waals surface area (Å²) in [7, 11) is 0. The zero-order valence-corrected chi connectivity index (χ0v) is 12.8. The van der Waals surface area contributed by atoms with Crippen LogP contribution in [0.5, 0.6) is 0 Å². The molecule has 0 bridgehead atoms. The summed E-state index contributed by atoms with van der Waals surface area (Å²) in [6.45, 7) is 5.40. The van der Waals surface area contributed by atoms with Gasteiger partial charge in [-0.2, -0.15) is 5.26 Å². The van der Waals surface area contributed by atoms with Crippen LogP contribution in [-0.2, 0) is 14.3 Å². The highest BCUT2D eigenvalue weighted by Crippen LogP contribution is 2.40. The number of ether oxygens (including phenoxy) is 2. The molecule has 0 aromatic heterocycles. The molecule has 0 aliphatic carbocycles. The maximum absolute atomic E-state index is 12.3. The summed E-state index contributed by atoms with van der Waals surface area (Å²) in [4.78, 5) is 12.3. The number of esters is 1. The molecule has 22 heavy (non-hydrogen) atoms. The molecule has 1 heterocycles. The van der Waals surface area contributed by atoms with Crippen LogP contribution in [0.25, 0.3) is 0 Å². The first kappa shape index (κ1) is 15.6. The van der Waals surface area contributed by atoms with Crippen molar-refractivity contribution in [2.45, 2.75) is 26.7 Å². The van der Waals surface area contributed by atoms with E-state index in [1.54, 1.807) is 39.0 Å². The molecule has 1 aliphatic rings. The number of anilines is 1. The zero-order chi connectivity index (χ0) is 16.3. The van der Waals surface area contributed by atoms with Crippen molar-refractivity contribution in [3.63, 3.8) is 0 Å². The highest BCUT2D eigenvalue weighted by Gasteiger charge is 2.35. The van der Waals surface area contributed by atoms with E-state index in [9.17, 15) is 10.1 Å². The molecule has 114 valence electrons. The van der Waals surface area contributed by atoms with E-state index in [0.29, 0.717) is 28.4 Å². The third-order valence-electron chi connectivity index (χ3n) is 3.50. The SMILES string of the molecule is CCOC(=O)C1=C(C)OC(C)=C(C#N)C1c1cccc(N)c1. The van der Waals surface area contributed by atoms with Crippen LogP contribution in [0.1, 0.15) is 32.3 Å². The van der Waals surface area contributed by atoms with Crippen LogP contribution in [-0.4, -0.2) is 12.6 Å². The Morgan fingerprint density at radius 2 is 2.14 bits per heavy atom. The fourth-order valence-corrected chi connectivity index (χ4v) is 2.58. The van der Waals surface area contributed by atoms with Gasteiger partial charge in [0.25, 0.3) is 0 Å². The lowest BCUT2D eigenvalue weighted by molar-refractivity contribution is -0.139. The smallest absolute Gasteiger partial charge is 0.338 e. The van der Waals surface area contributed by atoms with Crippen LogP contribution in [0.3, 0.4) is 0 Å². The van der Waals surface area contributed by atoms with E-state index in [2.05, 4.69) is 6.07 Å². The Bertz CT molecular complexity index is 711. The predicted molar refractivity (Wildman–Crippen MR) is 82.3 cm³/mol. The van der Waals surface area contributed by atoms with Crippen molar-refractivity contribution in [2.24, 2.45) is 0 Å². The van der Waals surface area contributed by atoms with Crippen molar-refractivity contribution >= 4 is 11.7 Å². The topological polar surface area (TPSA) is 85.3 Å². The first-order valence-electron chi connectivity index (χ1n) is 7.01. The normalized spacial score (nSPS) is 17.8. The van der Waals surface area contributed by atoms with Gasteiger partial charge in [0.2, 0.25) is 0 Å². The van der Waals surface area contributed by atoms with Crippen LogP contribution >= 0.6 is 0 Å². The highest BCUT2D eigenvalue weighted by atomic mass is 16.5. The van der Waals surface area contributed by atoms with E-state index in [4.69, 9.17) is 15.2 Å². The second-order valence-electron chi connectivity index (χ2n) is 4.98. The summed E-state index contributed by atoms with van der Waals surface area (Å²) >= 11 is 0. The third kappa shape index (κ3) is 2.82. The fraction of sp³-hybridized carbons (Fsp3) is 0.294. The fourth-order valence-electron chi connectivity index (χ4n) is 2.58. The molecule has 0 fully saturated rings. The molecular formula is C17H18N2O3. The summed E-state index contributed by atoms with van der Waals surface area (Å²) in [6, 6.07) is 9.29. The third-order valence-corrected chi connectivity index (χ3v) is 3.50. The molecule has 2 rings (SSSR count). The predicted octanol–water partition coefficient (Wildman–Crippen LogP) is 3.02. The van der Waals surface area contributed by atoms with Crippen LogP contribution in [0.2, 0.25) is 0 Å². The summed E-state index contributed by atoms with van der Waals surface area (Å²) < 4.78 is 10.7. The van der Waals surface area contributed by atoms with E-state index in [-0.39, 0.29) is 6.61 Å². The number of nitrogens with zero attached hydrogens (tertiary/aromatic N) is 1. The van der Waals surface area contributed by atoms with E-state index in [0.717, 1.165) is 5.56 Å². The number of hydrogen-bond acceptors (Lipinski definition) is 5. The van der Waals surface area contributed by atoms with Crippen molar-refractivity contribution in [2.75, 3.05) is 12.3 Å². The molecule has 0 saturated carbocycles. The van der Waals surface area contributed by atoms with Crippen LogP contribution in [0.15, 0.2) is 46.9 Å². The molecule has 5 heteroatoms. The standard InChI is InChI=1S/C17H18N2O3/c1-4-21-17(20)15-11(3)22-10(2)14(9-18)16(15)12-6-5-7-13(19)8-12/h5-8,16H,4,19H2,1-3H3.